The predicted octanol–water partition coefficient (Wildman–Crippen LogP) is 6.57. The van der Waals surface area contributed by atoms with Gasteiger partial charge in [-0.25, -0.2) is 0 Å². The average molecular weight is 338 g/mol. The molecule has 1 nitrogen and oxygen atoms in total. The van der Waals surface area contributed by atoms with E-state index in [9.17, 15) is 0 Å². The van der Waals surface area contributed by atoms with Crippen molar-refractivity contribution < 1.29 is 4.74 Å². The van der Waals surface area contributed by atoms with Gasteiger partial charge in [-0.15, -0.1) is 0 Å². The molecule has 4 rings (SSSR count). The summed E-state index contributed by atoms with van der Waals surface area (Å²) in [6.45, 7) is 2.21. The van der Waals surface area contributed by atoms with E-state index in [2.05, 4.69) is 67.6 Å². The molecular weight excluding hydrogens is 316 g/mol. The first kappa shape index (κ1) is 16.4. The van der Waals surface area contributed by atoms with E-state index >= 15 is 0 Å². The minimum atomic E-state index is -0.131. The minimum absolute atomic E-state index is 0.131. The Balaban J connectivity index is 1.84. The van der Waals surface area contributed by atoms with E-state index in [1.807, 2.05) is 36.4 Å². The second-order valence-electron chi connectivity index (χ2n) is 6.48. The lowest BCUT2D eigenvalue weighted by Crippen LogP contribution is -2.10. The quantitative estimate of drug-likeness (QED) is 0.400. The third-order valence-electron chi connectivity index (χ3n) is 4.75. The summed E-state index contributed by atoms with van der Waals surface area (Å²) >= 11 is 0. The molecule has 1 unspecified atom stereocenters. The van der Waals surface area contributed by atoms with Crippen molar-refractivity contribution in [2.24, 2.45) is 0 Å². The Kier molecular flexibility index (Phi) is 4.70. The van der Waals surface area contributed by atoms with Crippen LogP contribution in [0.5, 0.6) is 5.75 Å². The molecule has 0 amide bonds. The van der Waals surface area contributed by atoms with Crippen LogP contribution in [0.3, 0.4) is 0 Å². The number of rotatable bonds is 5. The molecule has 0 N–H and O–H groups in total. The summed E-state index contributed by atoms with van der Waals surface area (Å²) in [6.07, 6.45) is 0.870. The van der Waals surface area contributed by atoms with E-state index in [0.29, 0.717) is 0 Å². The first-order valence-electron chi connectivity index (χ1n) is 9.13. The fraction of sp³-hybridized carbons (Fsp3) is 0.120. The summed E-state index contributed by atoms with van der Waals surface area (Å²) in [4.78, 5) is 0. The third kappa shape index (κ3) is 3.34. The van der Waals surface area contributed by atoms with E-state index in [-0.39, 0.29) is 6.10 Å². The molecule has 0 aromatic heterocycles. The lowest BCUT2D eigenvalue weighted by molar-refractivity contribution is 0.247. The van der Waals surface area contributed by atoms with Gasteiger partial charge in [0.2, 0.25) is 0 Å². The second-order valence-corrected chi connectivity index (χ2v) is 6.48. The van der Waals surface area contributed by atoms with Gasteiger partial charge >= 0.3 is 0 Å². The summed E-state index contributed by atoms with van der Waals surface area (Å²) in [6, 6.07) is 33.6. The largest absolute Gasteiger partial charge is 0.481 e. The van der Waals surface area contributed by atoms with Crippen molar-refractivity contribution >= 4 is 10.8 Å². The topological polar surface area (TPSA) is 9.23 Å². The normalized spacial score (nSPS) is 12.0. The second kappa shape index (κ2) is 7.45. The molecule has 1 atom stereocenters. The summed E-state index contributed by atoms with van der Waals surface area (Å²) < 4.78 is 6.43. The van der Waals surface area contributed by atoms with Crippen molar-refractivity contribution in [1.29, 1.82) is 0 Å². The molecule has 0 fully saturated rings. The Hall–Kier alpha value is -3.06. The monoisotopic (exact) mass is 338 g/mol. The van der Waals surface area contributed by atoms with Crippen molar-refractivity contribution in [3.8, 4) is 5.75 Å². The molecule has 0 aliphatic rings. The Labute approximate surface area is 154 Å². The van der Waals surface area contributed by atoms with Crippen LogP contribution < -0.4 is 4.74 Å². The molecule has 0 heterocycles. The minimum Gasteiger partial charge on any atom is -0.481 e. The SMILES string of the molecule is CCc1cc(C(Oc2ccccc2)c2ccccc2)cc2ccccc12. The summed E-state index contributed by atoms with van der Waals surface area (Å²) in [5.74, 6) is 0.882. The molecule has 0 aliphatic carbocycles. The van der Waals surface area contributed by atoms with E-state index in [0.717, 1.165) is 17.7 Å². The number of hydrogen-bond donors (Lipinski definition) is 0. The molecule has 0 radical (unpaired) electrons. The molecule has 4 aromatic rings. The predicted molar refractivity (Wildman–Crippen MR) is 109 cm³/mol. The van der Waals surface area contributed by atoms with Gasteiger partial charge in [0.1, 0.15) is 11.9 Å². The van der Waals surface area contributed by atoms with Crippen molar-refractivity contribution in [2.45, 2.75) is 19.4 Å². The zero-order valence-corrected chi connectivity index (χ0v) is 14.9. The highest BCUT2D eigenvalue weighted by Crippen LogP contribution is 2.32. The van der Waals surface area contributed by atoms with E-state index in [4.69, 9.17) is 4.74 Å². The highest BCUT2D eigenvalue weighted by Gasteiger charge is 2.18. The van der Waals surface area contributed by atoms with Crippen LogP contribution in [0.15, 0.2) is 97.1 Å². The lowest BCUT2D eigenvalue weighted by Gasteiger charge is -2.22. The zero-order chi connectivity index (χ0) is 17.8. The van der Waals surface area contributed by atoms with Crippen LogP contribution in [0.25, 0.3) is 10.8 Å². The molecule has 0 saturated heterocycles. The van der Waals surface area contributed by atoms with Crippen molar-refractivity contribution in [1.82, 2.24) is 0 Å². The third-order valence-corrected chi connectivity index (χ3v) is 4.75. The van der Waals surface area contributed by atoms with Crippen LogP contribution in [0.4, 0.5) is 0 Å². The zero-order valence-electron chi connectivity index (χ0n) is 14.9. The van der Waals surface area contributed by atoms with Gasteiger partial charge in [0.05, 0.1) is 0 Å². The fourth-order valence-corrected chi connectivity index (χ4v) is 3.45. The van der Waals surface area contributed by atoms with Gasteiger partial charge in [0, 0.05) is 0 Å². The number of benzene rings is 4. The van der Waals surface area contributed by atoms with E-state index < -0.39 is 0 Å². The van der Waals surface area contributed by atoms with Gasteiger partial charge in [0.25, 0.3) is 0 Å². The standard InChI is InChI=1S/C25H22O/c1-2-19-17-22(18-21-13-9-10-16-24(19)21)25(20-11-5-3-6-12-20)26-23-14-7-4-8-15-23/h3-18,25H,2H2,1H3. The lowest BCUT2D eigenvalue weighted by atomic mass is 9.94. The van der Waals surface area contributed by atoms with Crippen LogP contribution in [-0.2, 0) is 6.42 Å². The number of hydrogen-bond acceptors (Lipinski definition) is 1. The maximum Gasteiger partial charge on any atom is 0.149 e. The Morgan fingerprint density at radius 2 is 1.35 bits per heavy atom. The van der Waals surface area contributed by atoms with Crippen molar-refractivity contribution in [2.75, 3.05) is 0 Å². The maximum atomic E-state index is 6.43. The molecule has 1 heteroatoms. The van der Waals surface area contributed by atoms with Crippen molar-refractivity contribution in [3.63, 3.8) is 0 Å². The highest BCUT2D eigenvalue weighted by molar-refractivity contribution is 5.86. The number of fused-ring (bicyclic) bond motifs is 1. The highest BCUT2D eigenvalue weighted by atomic mass is 16.5. The van der Waals surface area contributed by atoms with Crippen molar-refractivity contribution in [3.05, 3.63) is 114 Å². The molecule has 0 bridgehead atoms. The number of ether oxygens (including phenoxy) is 1. The Morgan fingerprint density at radius 1 is 0.692 bits per heavy atom. The van der Waals surface area contributed by atoms with Crippen LogP contribution in [-0.4, -0.2) is 0 Å². The van der Waals surface area contributed by atoms with Gasteiger partial charge in [0.15, 0.2) is 0 Å². The molecule has 0 spiro atoms. The van der Waals surface area contributed by atoms with Crippen LogP contribution >= 0.6 is 0 Å². The molecular formula is C25H22O. The molecule has 0 saturated carbocycles. The van der Waals surface area contributed by atoms with Gasteiger partial charge in [-0.3, -0.25) is 0 Å². The van der Waals surface area contributed by atoms with Gasteiger partial charge in [-0.2, -0.15) is 0 Å². The summed E-state index contributed by atoms with van der Waals surface area (Å²) in [5.41, 5.74) is 3.71. The molecule has 0 aliphatic heterocycles. The average Bonchev–Trinajstić information content (AvgIpc) is 2.72. The summed E-state index contributed by atoms with van der Waals surface area (Å²) in [7, 11) is 0. The fourth-order valence-electron chi connectivity index (χ4n) is 3.45. The number of aryl methyl sites for hydroxylation is 1. The molecule has 4 aromatic carbocycles. The van der Waals surface area contributed by atoms with Crippen LogP contribution in [0.1, 0.15) is 29.7 Å². The molecule has 128 valence electrons. The first-order valence-corrected chi connectivity index (χ1v) is 9.13. The van der Waals surface area contributed by atoms with E-state index in [1.54, 1.807) is 0 Å². The van der Waals surface area contributed by atoms with E-state index in [1.165, 1.54) is 21.9 Å². The smallest absolute Gasteiger partial charge is 0.149 e. The first-order chi connectivity index (χ1) is 12.8. The molecule has 26 heavy (non-hydrogen) atoms. The Morgan fingerprint density at radius 3 is 2.08 bits per heavy atom. The van der Waals surface area contributed by atoms with Gasteiger partial charge in [-0.1, -0.05) is 85.8 Å². The number of para-hydroxylation sites is 1. The van der Waals surface area contributed by atoms with Crippen LogP contribution in [0.2, 0.25) is 0 Å². The van der Waals surface area contributed by atoms with Gasteiger partial charge in [-0.05, 0) is 52.1 Å². The summed E-state index contributed by atoms with van der Waals surface area (Å²) in [5, 5.41) is 2.59. The van der Waals surface area contributed by atoms with Crippen LogP contribution in [0, 0.1) is 0 Å². The maximum absolute atomic E-state index is 6.43. The van der Waals surface area contributed by atoms with Gasteiger partial charge < -0.3 is 4.74 Å². The Bertz CT molecular complexity index is 990.